The predicted octanol–water partition coefficient (Wildman–Crippen LogP) is 3.16. The van der Waals surface area contributed by atoms with Crippen molar-refractivity contribution in [2.75, 3.05) is 17.6 Å². The molecule has 0 amide bonds. The Morgan fingerprint density at radius 2 is 1.89 bits per heavy atom. The van der Waals surface area contributed by atoms with Crippen molar-refractivity contribution in [3.8, 4) is 0 Å². The molecule has 0 saturated carbocycles. The van der Waals surface area contributed by atoms with E-state index in [1.807, 2.05) is 13.8 Å². The number of halogens is 3. The monoisotopic (exact) mass is 315 g/mol. The Morgan fingerprint density at radius 1 is 1.26 bits per heavy atom. The first kappa shape index (κ1) is 16.5. The molecule has 0 aliphatic rings. The lowest BCUT2D eigenvalue weighted by atomic mass is 10.0. The summed E-state index contributed by atoms with van der Waals surface area (Å²) in [4.78, 5) is 0. The first-order valence-corrected chi connectivity index (χ1v) is 7.57. The van der Waals surface area contributed by atoms with Gasteiger partial charge in [-0.05, 0) is 12.8 Å². The average molecular weight is 315 g/mol. The molecule has 9 heteroatoms. The lowest BCUT2D eigenvalue weighted by Gasteiger charge is -2.23. The fourth-order valence-corrected chi connectivity index (χ4v) is 3.19. The summed E-state index contributed by atoms with van der Waals surface area (Å²) in [5, 5.41) is 19.8. The Hall–Kier alpha value is -0.540. The van der Waals surface area contributed by atoms with E-state index in [0.29, 0.717) is 22.9 Å². The van der Waals surface area contributed by atoms with Crippen LogP contribution in [0, 0.1) is 0 Å². The minimum atomic E-state index is -4.27. The molecule has 19 heavy (non-hydrogen) atoms. The van der Waals surface area contributed by atoms with Crippen LogP contribution >= 0.6 is 23.1 Å². The molecule has 0 saturated heterocycles. The van der Waals surface area contributed by atoms with E-state index in [2.05, 4.69) is 15.5 Å². The highest BCUT2D eigenvalue weighted by molar-refractivity contribution is 8.01. The Morgan fingerprint density at radius 3 is 2.42 bits per heavy atom. The summed E-state index contributed by atoms with van der Waals surface area (Å²) in [5.74, 6) is 0.452. The number of nitrogens with zero attached hydrogens (tertiary/aromatic N) is 2. The van der Waals surface area contributed by atoms with E-state index in [9.17, 15) is 18.3 Å². The summed E-state index contributed by atoms with van der Waals surface area (Å²) >= 11 is 2.36. The molecular weight excluding hydrogens is 299 g/mol. The van der Waals surface area contributed by atoms with Gasteiger partial charge in [-0.1, -0.05) is 36.9 Å². The number of nitrogens with one attached hydrogen (secondary N) is 1. The van der Waals surface area contributed by atoms with E-state index in [0.717, 1.165) is 11.3 Å². The number of hydrogen-bond acceptors (Lipinski definition) is 6. The second kappa shape index (κ2) is 6.76. The van der Waals surface area contributed by atoms with E-state index in [4.69, 9.17) is 0 Å². The van der Waals surface area contributed by atoms with Crippen molar-refractivity contribution in [1.29, 1.82) is 0 Å². The number of aromatic nitrogens is 2. The highest BCUT2D eigenvalue weighted by Crippen LogP contribution is 2.30. The number of anilines is 1. The van der Waals surface area contributed by atoms with Gasteiger partial charge in [0.1, 0.15) is 6.54 Å². The molecule has 2 N–H and O–H groups in total. The third kappa shape index (κ3) is 5.96. The zero-order chi connectivity index (χ0) is 14.5. The van der Waals surface area contributed by atoms with E-state index >= 15 is 0 Å². The largest absolute Gasteiger partial charge is 0.405 e. The van der Waals surface area contributed by atoms with Crippen molar-refractivity contribution in [1.82, 2.24) is 10.2 Å². The molecule has 0 radical (unpaired) electrons. The smallest absolute Gasteiger partial charge is 0.389 e. The van der Waals surface area contributed by atoms with Crippen molar-refractivity contribution in [3.63, 3.8) is 0 Å². The summed E-state index contributed by atoms with van der Waals surface area (Å²) < 4.78 is 36.5. The summed E-state index contributed by atoms with van der Waals surface area (Å²) in [5.41, 5.74) is -0.768. The van der Waals surface area contributed by atoms with Crippen LogP contribution in [0.4, 0.5) is 18.3 Å². The van der Waals surface area contributed by atoms with E-state index < -0.39 is 18.3 Å². The SMILES string of the molecule is CCC(O)(CC)CSc1nnc(NCC(F)(F)F)s1. The first-order chi connectivity index (χ1) is 8.78. The second-order valence-electron chi connectivity index (χ2n) is 4.06. The van der Waals surface area contributed by atoms with Crippen LogP contribution in [0.25, 0.3) is 0 Å². The van der Waals surface area contributed by atoms with Gasteiger partial charge in [0.05, 0.1) is 5.60 Å². The molecule has 110 valence electrons. The minimum absolute atomic E-state index is 0.136. The third-order valence-electron chi connectivity index (χ3n) is 2.63. The normalized spacial score (nSPS) is 12.7. The molecule has 1 heterocycles. The van der Waals surface area contributed by atoms with Gasteiger partial charge < -0.3 is 10.4 Å². The van der Waals surface area contributed by atoms with Crippen LogP contribution in [0.3, 0.4) is 0 Å². The average Bonchev–Trinajstić information content (AvgIpc) is 2.81. The Bertz CT molecular complexity index is 394. The summed E-state index contributed by atoms with van der Waals surface area (Å²) in [6.07, 6.45) is -3.04. The molecule has 0 fully saturated rings. The van der Waals surface area contributed by atoms with Crippen molar-refractivity contribution in [2.24, 2.45) is 0 Å². The Labute approximate surface area is 117 Å². The Kier molecular flexibility index (Phi) is 5.87. The third-order valence-corrected chi connectivity index (χ3v) is 4.92. The zero-order valence-corrected chi connectivity index (χ0v) is 12.3. The molecule has 1 rings (SSSR count). The van der Waals surface area contributed by atoms with E-state index in [-0.39, 0.29) is 5.13 Å². The highest BCUT2D eigenvalue weighted by Gasteiger charge is 2.27. The summed E-state index contributed by atoms with van der Waals surface area (Å²) in [6.45, 7) is 2.65. The van der Waals surface area contributed by atoms with Crippen molar-refractivity contribution >= 4 is 28.2 Å². The molecule has 0 atom stereocenters. The standard InChI is InChI=1S/C10H16F3N3OS2/c1-3-9(17,4-2)6-18-8-16-15-7(19-8)14-5-10(11,12)13/h17H,3-6H2,1-2H3,(H,14,15). The van der Waals surface area contributed by atoms with Gasteiger partial charge >= 0.3 is 6.18 Å². The van der Waals surface area contributed by atoms with Crippen LogP contribution in [-0.2, 0) is 0 Å². The second-order valence-corrected chi connectivity index (χ2v) is 6.26. The molecule has 0 unspecified atom stereocenters. The quantitative estimate of drug-likeness (QED) is 0.757. The molecule has 0 aliphatic carbocycles. The van der Waals surface area contributed by atoms with Gasteiger partial charge in [-0.2, -0.15) is 13.2 Å². The molecule has 1 aromatic rings. The molecule has 1 aromatic heterocycles. The number of rotatable bonds is 7. The molecular formula is C10H16F3N3OS2. The number of aliphatic hydroxyl groups is 1. The fraction of sp³-hybridized carbons (Fsp3) is 0.800. The molecule has 0 spiro atoms. The van der Waals surface area contributed by atoms with Gasteiger partial charge in [0.2, 0.25) is 5.13 Å². The van der Waals surface area contributed by atoms with Crippen LogP contribution < -0.4 is 5.32 Å². The van der Waals surface area contributed by atoms with Gasteiger partial charge in [-0.15, -0.1) is 10.2 Å². The van der Waals surface area contributed by atoms with Crippen LogP contribution in [0.1, 0.15) is 26.7 Å². The number of hydrogen-bond donors (Lipinski definition) is 2. The van der Waals surface area contributed by atoms with Crippen LogP contribution in [0.15, 0.2) is 4.34 Å². The van der Waals surface area contributed by atoms with Gasteiger partial charge in [0.25, 0.3) is 0 Å². The maximum Gasteiger partial charge on any atom is 0.405 e. The number of alkyl halides is 3. The first-order valence-electron chi connectivity index (χ1n) is 5.77. The molecule has 0 aromatic carbocycles. The maximum atomic E-state index is 12.0. The van der Waals surface area contributed by atoms with Gasteiger partial charge in [0.15, 0.2) is 4.34 Å². The molecule has 4 nitrogen and oxygen atoms in total. The Balaban J connectivity index is 2.47. The summed E-state index contributed by atoms with van der Waals surface area (Å²) in [6, 6.07) is 0. The molecule has 0 aliphatic heterocycles. The van der Waals surface area contributed by atoms with Crippen molar-refractivity contribution < 1.29 is 18.3 Å². The van der Waals surface area contributed by atoms with Crippen LogP contribution in [-0.4, -0.2) is 39.4 Å². The van der Waals surface area contributed by atoms with Gasteiger partial charge in [-0.25, -0.2) is 0 Å². The van der Waals surface area contributed by atoms with Crippen molar-refractivity contribution in [2.45, 2.75) is 42.8 Å². The van der Waals surface area contributed by atoms with Crippen LogP contribution in [0.5, 0.6) is 0 Å². The topological polar surface area (TPSA) is 58.0 Å². The fourth-order valence-electron chi connectivity index (χ4n) is 1.17. The highest BCUT2D eigenvalue weighted by atomic mass is 32.2. The van der Waals surface area contributed by atoms with Gasteiger partial charge in [0, 0.05) is 5.75 Å². The lowest BCUT2D eigenvalue weighted by molar-refractivity contribution is -0.115. The van der Waals surface area contributed by atoms with Crippen molar-refractivity contribution in [3.05, 3.63) is 0 Å². The summed E-state index contributed by atoms with van der Waals surface area (Å²) in [7, 11) is 0. The number of thioether (sulfide) groups is 1. The zero-order valence-electron chi connectivity index (χ0n) is 10.6. The lowest BCUT2D eigenvalue weighted by Crippen LogP contribution is -2.29. The van der Waals surface area contributed by atoms with Crippen LogP contribution in [0.2, 0.25) is 0 Å². The predicted molar refractivity (Wildman–Crippen MR) is 70.7 cm³/mol. The van der Waals surface area contributed by atoms with Gasteiger partial charge in [-0.3, -0.25) is 0 Å². The van der Waals surface area contributed by atoms with E-state index in [1.54, 1.807) is 0 Å². The minimum Gasteiger partial charge on any atom is -0.389 e. The maximum absolute atomic E-state index is 12.0. The van der Waals surface area contributed by atoms with E-state index in [1.165, 1.54) is 11.8 Å². The molecule has 0 bridgehead atoms.